The van der Waals surface area contributed by atoms with Crippen molar-refractivity contribution in [2.45, 2.75) is 18.2 Å². The quantitative estimate of drug-likeness (QED) is 0.281. The van der Waals surface area contributed by atoms with E-state index in [0.717, 1.165) is 0 Å². The summed E-state index contributed by atoms with van der Waals surface area (Å²) in [6, 6.07) is 0. The molecule has 0 bridgehead atoms. The maximum Gasteiger partial charge on any atom is 0.324 e. The molecule has 0 spiro atoms. The second kappa shape index (κ2) is 56.2. The average Bonchev–Trinajstić information content (AvgIpc) is 2.58. The third-order valence-electron chi connectivity index (χ3n) is 0.756. The zero-order valence-corrected chi connectivity index (χ0v) is 16.4. The Hall–Kier alpha value is -0.930. The predicted molar refractivity (Wildman–Crippen MR) is 83.5 cm³/mol. The van der Waals surface area contributed by atoms with E-state index in [-0.39, 0.29) is 6.61 Å². The van der Waals surface area contributed by atoms with E-state index in [1.54, 1.807) is 13.8 Å². The number of aliphatic hydroxyl groups is 1. The van der Waals surface area contributed by atoms with Crippen molar-refractivity contribution in [3.8, 4) is 0 Å². The van der Waals surface area contributed by atoms with Crippen LogP contribution in [0.4, 0.5) is 52.7 Å². The Balaban J connectivity index is -0.0000000397. The predicted octanol–water partition coefficient (Wildman–Crippen LogP) is 5.99. The lowest BCUT2D eigenvalue weighted by atomic mass is 10.2. The molecule has 0 heterocycles. The van der Waals surface area contributed by atoms with Gasteiger partial charge in [0.25, 0.3) is 0 Å². The summed E-state index contributed by atoms with van der Waals surface area (Å²) in [6.45, 7) is -7.61. The van der Waals surface area contributed by atoms with Gasteiger partial charge in [0.1, 0.15) is 11.0 Å². The van der Waals surface area contributed by atoms with Crippen LogP contribution in [-0.4, -0.2) is 70.2 Å². The lowest BCUT2D eigenvalue weighted by Crippen LogP contribution is -2.26. The van der Waals surface area contributed by atoms with E-state index in [2.05, 4.69) is 20.7 Å². The fraction of sp³-hybridized carbons (Fsp3) is 0.917. The minimum Gasteiger partial charge on any atom is -0.433 e. The van der Waals surface area contributed by atoms with E-state index in [9.17, 15) is 57.5 Å². The molecule has 0 saturated heterocycles. The lowest BCUT2D eigenvalue weighted by Gasteiger charge is -2.11. The summed E-state index contributed by atoms with van der Waals surface area (Å²) < 4.78 is 121. The van der Waals surface area contributed by atoms with Crippen LogP contribution < -0.4 is 0 Å². The summed E-state index contributed by atoms with van der Waals surface area (Å²) in [6.07, 6.45) is 0. The van der Waals surface area contributed by atoms with Crippen LogP contribution in [0.3, 0.4) is 0 Å². The van der Waals surface area contributed by atoms with Crippen LogP contribution in [0.2, 0.25) is 0 Å². The first-order valence-electron chi connectivity index (χ1n) is 6.16. The number of halogens is 13. The van der Waals surface area contributed by atoms with Crippen molar-refractivity contribution < 1.29 is 67.3 Å². The minimum atomic E-state index is -1.75. The second-order valence-corrected chi connectivity index (χ2v) is 4.91. The molecule has 0 aromatic carbocycles. The molecule has 0 fully saturated rings. The van der Waals surface area contributed by atoms with Crippen molar-refractivity contribution in [1.82, 2.24) is 0 Å². The molecule has 1 N–H and O–H groups in total. The van der Waals surface area contributed by atoms with Gasteiger partial charge in [0.05, 0.1) is 6.61 Å². The summed E-state index contributed by atoms with van der Waals surface area (Å²) in [5.41, 5.74) is 0. The van der Waals surface area contributed by atoms with Crippen LogP contribution >= 0.6 is 15.9 Å². The summed E-state index contributed by atoms with van der Waals surface area (Å²) >= 11 is 3.00. The summed E-state index contributed by atoms with van der Waals surface area (Å²) in [5.74, 6) is -0.593. The molecule has 180 valence electrons. The van der Waals surface area contributed by atoms with Crippen LogP contribution in [0.1, 0.15) is 13.8 Å². The van der Waals surface area contributed by atoms with Crippen molar-refractivity contribution in [3.63, 3.8) is 0 Å². The molecule has 16 heteroatoms. The first kappa shape index (κ1) is 45.7. The Morgan fingerprint density at radius 3 is 0.964 bits per heavy atom. The van der Waals surface area contributed by atoms with E-state index in [1.807, 2.05) is 0 Å². The molecule has 0 amide bonds. The number of ether oxygens (including phenoxy) is 1. The van der Waals surface area contributed by atoms with Crippen molar-refractivity contribution in [3.05, 3.63) is 0 Å². The Morgan fingerprint density at radius 1 is 0.750 bits per heavy atom. The van der Waals surface area contributed by atoms with Gasteiger partial charge >= 0.3 is 5.97 Å². The maximum atomic E-state index is 11.3. The monoisotopic (exact) mass is 522 g/mol. The number of hydrogen-bond donors (Lipinski definition) is 1. The Bertz CT molecular complexity index is 201. The Labute approximate surface area is 163 Å². The van der Waals surface area contributed by atoms with Crippen molar-refractivity contribution in [2.24, 2.45) is 0 Å². The molecule has 3 nitrogen and oxygen atoms in total. The van der Waals surface area contributed by atoms with Gasteiger partial charge in [0.2, 0.25) is 41.5 Å². The molecule has 0 aromatic heterocycles. The van der Waals surface area contributed by atoms with Gasteiger partial charge in [-0.1, -0.05) is 15.9 Å². The zero-order chi connectivity index (χ0) is 24.4. The summed E-state index contributed by atoms with van der Waals surface area (Å²) in [7, 11) is 0. The number of carbonyl (C=O) groups is 1. The Morgan fingerprint density at radius 2 is 0.929 bits per heavy atom. The smallest absolute Gasteiger partial charge is 0.324 e. The molecule has 0 aliphatic heterocycles. The van der Waals surface area contributed by atoms with E-state index < -0.39 is 58.5 Å². The highest BCUT2D eigenvalue weighted by Crippen LogP contribution is 2.17. The van der Waals surface area contributed by atoms with Gasteiger partial charge in [0.15, 0.2) is 0 Å². The second-order valence-electron chi connectivity index (χ2n) is 2.93. The van der Waals surface area contributed by atoms with Crippen LogP contribution in [0.25, 0.3) is 0 Å². The zero-order valence-electron chi connectivity index (χ0n) is 14.8. The molecule has 0 rings (SSSR count). The summed E-state index contributed by atoms with van der Waals surface area (Å²) in [5, 5.41) is 7.50. The van der Waals surface area contributed by atoms with Gasteiger partial charge in [-0.05, 0) is 13.8 Å². The van der Waals surface area contributed by atoms with Gasteiger partial charge in [-0.15, -0.1) is 0 Å². The Kier molecular flexibility index (Phi) is 91.7. The van der Waals surface area contributed by atoms with Gasteiger partial charge in [-0.3, -0.25) is 4.79 Å². The number of carbonyl (C=O) groups excluding carboxylic acids is 1. The number of rotatable bonds is 3. The van der Waals surface area contributed by atoms with Crippen LogP contribution in [0.15, 0.2) is 0 Å². The van der Waals surface area contributed by atoms with Gasteiger partial charge in [0, 0.05) is 0 Å². The first-order valence-corrected chi connectivity index (χ1v) is 6.95. The number of esters is 1. The normalized spacial score (nSPS) is 7.86. The molecule has 0 aromatic rings. The number of hydrogen-bond acceptors (Lipinski definition) is 3. The molecule has 0 atom stereocenters. The maximum absolute atomic E-state index is 11.3. The van der Waals surface area contributed by atoms with Gasteiger partial charge < -0.3 is 9.84 Å². The third-order valence-corrected chi connectivity index (χ3v) is 1.08. The largest absolute Gasteiger partial charge is 0.433 e. The van der Waals surface area contributed by atoms with Gasteiger partial charge in [-0.25, -0.2) is 52.7 Å². The van der Waals surface area contributed by atoms with Crippen LogP contribution in [0, 0.1) is 0 Å². The highest BCUT2D eigenvalue weighted by molar-refractivity contribution is 9.10. The summed E-state index contributed by atoms with van der Waals surface area (Å²) in [4.78, 5) is 10.6. The van der Waals surface area contributed by atoms with E-state index in [0.29, 0.717) is 0 Å². The molecule has 0 saturated carbocycles. The molecular formula is C12H23BrF12O3. The molecule has 0 radical (unpaired) electrons. The van der Waals surface area contributed by atoms with E-state index >= 15 is 0 Å². The van der Waals surface area contributed by atoms with Gasteiger partial charge in [-0.2, -0.15) is 0 Å². The molecule has 28 heavy (non-hydrogen) atoms. The fourth-order valence-corrected chi connectivity index (χ4v) is 0.336. The standard InChI is InChI=1S/C5H8BrFO2.C2H5FO.5CH2F2/c1-5(2,6)4(8)9-3-7;3-1-2-4;5*2-1-3/h3H2,1-2H3;4H,1-2H2;5*1H2. The van der Waals surface area contributed by atoms with Crippen molar-refractivity contribution in [1.29, 1.82) is 0 Å². The highest BCUT2D eigenvalue weighted by atomic mass is 79.9. The lowest BCUT2D eigenvalue weighted by molar-refractivity contribution is -0.149. The number of aliphatic hydroxyl groups excluding tert-OH is 1. The van der Waals surface area contributed by atoms with E-state index in [1.165, 1.54) is 0 Å². The highest BCUT2D eigenvalue weighted by Gasteiger charge is 2.24. The first-order chi connectivity index (χ1) is 13.0. The fourth-order valence-electron chi connectivity index (χ4n) is 0.221. The van der Waals surface area contributed by atoms with Crippen molar-refractivity contribution >= 4 is 21.9 Å². The number of alkyl halides is 13. The molecule has 0 aliphatic carbocycles. The average molecular weight is 523 g/mol. The molecule has 0 unspecified atom stereocenters. The van der Waals surface area contributed by atoms with Crippen LogP contribution in [-0.2, 0) is 9.53 Å². The molecular weight excluding hydrogens is 500 g/mol. The SMILES string of the molecule is CC(C)(Br)C(=O)OCF.FCF.FCF.FCF.FCF.FCF.OCCF. The minimum absolute atomic E-state index is 0.347. The van der Waals surface area contributed by atoms with Crippen LogP contribution in [0.5, 0.6) is 0 Å². The van der Waals surface area contributed by atoms with E-state index in [4.69, 9.17) is 5.11 Å². The third kappa shape index (κ3) is 177. The topological polar surface area (TPSA) is 46.5 Å². The van der Waals surface area contributed by atoms with Crippen molar-refractivity contribution in [2.75, 3.05) is 54.8 Å². The molecule has 0 aliphatic rings.